The van der Waals surface area contributed by atoms with Crippen molar-refractivity contribution in [3.8, 4) is 0 Å². The van der Waals surface area contributed by atoms with Gasteiger partial charge in [-0.1, -0.05) is 6.58 Å². The summed E-state index contributed by atoms with van der Waals surface area (Å²) in [7, 11) is 1.26. The van der Waals surface area contributed by atoms with Crippen LogP contribution in [0.15, 0.2) is 12.2 Å². The molecule has 71 heavy (non-hydrogen) atoms. The van der Waals surface area contributed by atoms with Gasteiger partial charge in [0.15, 0.2) is 12.4 Å². The molecule has 7 amide bonds. The van der Waals surface area contributed by atoms with Crippen molar-refractivity contribution >= 4 is 47.3 Å². The molecule has 10 atom stereocenters. The second-order valence-corrected chi connectivity index (χ2v) is 17.5. The largest absolute Gasteiger partial charge is 0.459 e. The van der Waals surface area contributed by atoms with Crippen LogP contribution in [0.3, 0.4) is 0 Å². The van der Waals surface area contributed by atoms with E-state index in [1.54, 1.807) is 0 Å². The van der Waals surface area contributed by atoms with E-state index in [1.165, 1.54) is 34.8 Å². The number of nitrogens with one attached hydrogen (secondary N) is 4. The molecule has 0 aromatic carbocycles. The van der Waals surface area contributed by atoms with Gasteiger partial charge in [-0.05, 0) is 71.6 Å². The van der Waals surface area contributed by atoms with Crippen molar-refractivity contribution in [2.75, 3.05) is 53.0 Å². The number of hydroxylamine groups is 6. The number of hydrogen-bond acceptors (Lipinski definition) is 19. The summed E-state index contributed by atoms with van der Waals surface area (Å²) in [6.45, 7) is 9.30. The fourth-order valence-corrected chi connectivity index (χ4v) is 7.42. The van der Waals surface area contributed by atoms with E-state index in [4.69, 9.17) is 23.7 Å². The SMILES string of the molecule is C=C(C)C(=O)OCC1OC(OC2C(C(=O)NCCCCCN(O)C(=O)CCC(=O)NCCCCCN(O)C(=O)CCC(=O)NCCCCCN(O)C(C)=O)O[C@H](C)C(O)C2O)C(NC(C)=O)C(OC)C1O. The van der Waals surface area contributed by atoms with Crippen LogP contribution in [-0.4, -0.2) is 208 Å². The smallest absolute Gasteiger partial charge is 0.333 e. The molecule has 26 heteroatoms. The molecule has 0 aromatic heterocycles. The van der Waals surface area contributed by atoms with Crippen LogP contribution in [0.4, 0.5) is 0 Å². The van der Waals surface area contributed by atoms with Crippen molar-refractivity contribution in [2.45, 2.75) is 172 Å². The molecule has 0 bridgehead atoms. The summed E-state index contributed by atoms with van der Waals surface area (Å²) in [6.07, 6.45) is -8.86. The number of methoxy groups -OCH3 is 1. The summed E-state index contributed by atoms with van der Waals surface area (Å²) in [4.78, 5) is 97.7. The monoisotopic (exact) mass is 1020 g/mol. The predicted molar refractivity (Wildman–Crippen MR) is 245 cm³/mol. The third kappa shape index (κ3) is 22.6. The minimum Gasteiger partial charge on any atom is -0.459 e. The molecule has 2 heterocycles. The van der Waals surface area contributed by atoms with Gasteiger partial charge in [0.2, 0.25) is 35.4 Å². The van der Waals surface area contributed by atoms with Crippen LogP contribution >= 0.6 is 0 Å². The third-order valence-corrected chi connectivity index (χ3v) is 11.6. The highest BCUT2D eigenvalue weighted by molar-refractivity contribution is 5.87. The highest BCUT2D eigenvalue weighted by Gasteiger charge is 2.52. The standard InChI is InChI=1S/C45H77N7O19/c1-27(2)44(63)68-26-31-38(60)40(67-6)36(49-29(4)53)45(70-31)71-41-39(61)37(59)28(3)69-42(41)43(62)48-22-12-9-15-25-52(66)35(58)19-17-33(56)47-21-11-8-14-24-51(65)34(57)18-16-32(55)46-20-10-7-13-23-50(64)30(5)54/h28,31,36-42,45,59-61,64-66H,1,7-26H2,2-6H3,(H,46,55)(H,47,56)(H,48,62)(H,49,53)/t28-,31?,36?,37?,38?,39?,40?,41?,42?,45?/m1/s1. The number of aliphatic hydroxyl groups is 3. The summed E-state index contributed by atoms with van der Waals surface area (Å²) < 4.78 is 28.4. The molecule has 0 aromatic rings. The second kappa shape index (κ2) is 32.9. The van der Waals surface area contributed by atoms with E-state index in [-0.39, 0.29) is 69.9 Å². The van der Waals surface area contributed by atoms with Crippen molar-refractivity contribution in [3.05, 3.63) is 12.2 Å². The van der Waals surface area contributed by atoms with Crippen LogP contribution in [0.25, 0.3) is 0 Å². The molecule has 0 spiro atoms. The fourth-order valence-electron chi connectivity index (χ4n) is 7.42. The molecular weight excluding hydrogens is 943 g/mol. The van der Waals surface area contributed by atoms with Gasteiger partial charge in [0.1, 0.15) is 49.3 Å². The average Bonchev–Trinajstić information content (AvgIpc) is 3.32. The Balaban J connectivity index is 1.69. The molecule has 2 aliphatic heterocycles. The van der Waals surface area contributed by atoms with Gasteiger partial charge in [0, 0.05) is 91.5 Å². The normalized spacial score (nSPS) is 23.9. The first-order chi connectivity index (χ1) is 33.6. The number of carbonyl (C=O) groups is 8. The van der Waals surface area contributed by atoms with Gasteiger partial charge >= 0.3 is 5.97 Å². The number of aliphatic hydroxyl groups excluding tert-OH is 3. The quantitative estimate of drug-likeness (QED) is 0.0123. The van der Waals surface area contributed by atoms with Gasteiger partial charge in [-0.3, -0.25) is 49.2 Å². The zero-order valence-corrected chi connectivity index (χ0v) is 41.5. The maximum absolute atomic E-state index is 13.5. The number of esters is 1. The molecule has 10 N–H and O–H groups in total. The van der Waals surface area contributed by atoms with Crippen LogP contribution in [-0.2, 0) is 62.0 Å². The number of ether oxygens (including phenoxy) is 5. The Labute approximate surface area is 413 Å². The molecule has 26 nitrogen and oxygen atoms in total. The Morgan fingerprint density at radius 2 is 1.11 bits per heavy atom. The van der Waals surface area contributed by atoms with Gasteiger partial charge in [-0.25, -0.2) is 20.0 Å². The van der Waals surface area contributed by atoms with Crippen LogP contribution in [0.2, 0.25) is 0 Å². The molecule has 2 saturated heterocycles. The Morgan fingerprint density at radius 1 is 0.620 bits per heavy atom. The third-order valence-electron chi connectivity index (χ3n) is 11.6. The van der Waals surface area contributed by atoms with Gasteiger partial charge in [-0.15, -0.1) is 0 Å². The average molecular weight is 1020 g/mol. The molecule has 2 aliphatic rings. The fraction of sp³-hybridized carbons (Fsp3) is 0.778. The van der Waals surface area contributed by atoms with E-state index in [9.17, 15) is 69.3 Å². The molecule has 2 fully saturated rings. The first kappa shape index (κ1) is 62.2. The number of unbranched alkanes of at least 4 members (excludes halogenated alkanes) is 6. The lowest BCUT2D eigenvalue weighted by molar-refractivity contribution is -0.318. The number of amides is 7. The molecule has 0 aliphatic carbocycles. The van der Waals surface area contributed by atoms with Crippen molar-refractivity contribution in [1.82, 2.24) is 36.5 Å². The van der Waals surface area contributed by atoms with Gasteiger partial charge in [0.25, 0.3) is 5.91 Å². The summed E-state index contributed by atoms with van der Waals surface area (Å²) in [5.41, 5.74) is 0.0843. The molecular formula is C45H77N7O19. The summed E-state index contributed by atoms with van der Waals surface area (Å²) in [5, 5.41) is 74.7. The topological polar surface area (TPSA) is 362 Å². The van der Waals surface area contributed by atoms with Crippen LogP contribution in [0, 0.1) is 0 Å². The number of hydrogen-bond donors (Lipinski definition) is 10. The first-order valence-corrected chi connectivity index (χ1v) is 24.0. The second-order valence-electron chi connectivity index (χ2n) is 17.5. The number of rotatable bonds is 32. The number of nitrogens with zero attached hydrogens (tertiary/aromatic N) is 3. The molecule has 406 valence electrons. The van der Waals surface area contributed by atoms with E-state index in [2.05, 4.69) is 27.8 Å². The van der Waals surface area contributed by atoms with E-state index >= 15 is 0 Å². The van der Waals surface area contributed by atoms with Crippen molar-refractivity contribution in [1.29, 1.82) is 0 Å². The lowest BCUT2D eigenvalue weighted by Gasteiger charge is -2.47. The summed E-state index contributed by atoms with van der Waals surface area (Å²) in [5.74, 6) is -4.51. The minimum atomic E-state index is -1.70. The maximum atomic E-state index is 13.5. The minimum absolute atomic E-state index is 0.0402. The number of carbonyl (C=O) groups excluding carboxylic acids is 8. The van der Waals surface area contributed by atoms with Crippen LogP contribution in [0.5, 0.6) is 0 Å². The summed E-state index contributed by atoms with van der Waals surface area (Å²) >= 11 is 0. The molecule has 0 radical (unpaired) electrons. The Hall–Kier alpha value is -4.90. The van der Waals surface area contributed by atoms with Crippen LogP contribution in [0.1, 0.15) is 111 Å². The van der Waals surface area contributed by atoms with Gasteiger partial charge in [0.05, 0.1) is 6.10 Å². The first-order valence-electron chi connectivity index (χ1n) is 24.0. The van der Waals surface area contributed by atoms with E-state index in [1.807, 2.05) is 0 Å². The van der Waals surface area contributed by atoms with Gasteiger partial charge < -0.3 is 60.3 Å². The Bertz CT molecular complexity index is 1740. The Kier molecular flexibility index (Phi) is 28.9. The summed E-state index contributed by atoms with van der Waals surface area (Å²) in [6, 6.07) is -1.21. The zero-order chi connectivity index (χ0) is 53.2. The Morgan fingerprint density at radius 3 is 1.58 bits per heavy atom. The van der Waals surface area contributed by atoms with E-state index < -0.39 is 109 Å². The molecule has 0 saturated carbocycles. The van der Waals surface area contributed by atoms with E-state index in [0.29, 0.717) is 79.5 Å². The van der Waals surface area contributed by atoms with Crippen molar-refractivity contribution in [3.63, 3.8) is 0 Å². The van der Waals surface area contributed by atoms with Gasteiger partial charge in [-0.2, -0.15) is 0 Å². The van der Waals surface area contributed by atoms with Crippen LogP contribution < -0.4 is 21.3 Å². The molecule has 2 rings (SSSR count). The van der Waals surface area contributed by atoms with E-state index in [0.717, 1.165) is 0 Å². The zero-order valence-electron chi connectivity index (χ0n) is 41.5. The predicted octanol–water partition coefficient (Wildman–Crippen LogP) is -1.30. The molecule has 9 unspecified atom stereocenters. The highest BCUT2D eigenvalue weighted by atomic mass is 16.7. The highest BCUT2D eigenvalue weighted by Crippen LogP contribution is 2.30. The van der Waals surface area contributed by atoms with Crippen molar-refractivity contribution < 1.29 is 93.0 Å². The lowest BCUT2D eigenvalue weighted by atomic mass is 9.93. The van der Waals surface area contributed by atoms with Crippen molar-refractivity contribution in [2.24, 2.45) is 0 Å². The lowest BCUT2D eigenvalue weighted by Crippen LogP contribution is -2.68. The maximum Gasteiger partial charge on any atom is 0.333 e.